The van der Waals surface area contributed by atoms with Gasteiger partial charge in [-0.25, -0.2) is 0 Å². The summed E-state index contributed by atoms with van der Waals surface area (Å²) in [7, 11) is 2.96. The average Bonchev–Trinajstić information content (AvgIpc) is 2.05. The van der Waals surface area contributed by atoms with Crippen molar-refractivity contribution < 1.29 is 9.59 Å². The summed E-state index contributed by atoms with van der Waals surface area (Å²) in [5.41, 5.74) is 0. The molecule has 0 aliphatic heterocycles. The highest BCUT2D eigenvalue weighted by atomic mass is 35.5. The number of carbonyl (C=O) groups excluding carboxylic acids is 2. The third-order valence-corrected chi connectivity index (χ3v) is 1.53. The van der Waals surface area contributed by atoms with Crippen LogP contribution in [0.1, 0.15) is 0 Å². The topological polar surface area (TPSA) is 61.2 Å². The molecule has 0 aromatic carbocycles. The van der Waals surface area contributed by atoms with E-state index in [0.717, 1.165) is 0 Å². The van der Waals surface area contributed by atoms with E-state index in [4.69, 9.17) is 16.9 Å². The van der Waals surface area contributed by atoms with Gasteiger partial charge in [0.2, 0.25) is 5.91 Å². The number of Topliss-reactive ketones (excluding diaryl/α,β-unsaturated/α-hetero) is 1. The van der Waals surface area contributed by atoms with Crippen molar-refractivity contribution in [3.8, 4) is 6.07 Å². The molecule has 0 heterocycles. The van der Waals surface area contributed by atoms with E-state index in [1.165, 1.54) is 19.0 Å². The number of ketones is 1. The summed E-state index contributed by atoms with van der Waals surface area (Å²) in [6.07, 6.45) is 0. The molecule has 1 atom stereocenters. The Morgan fingerprint density at radius 1 is 1.58 bits per heavy atom. The largest absolute Gasteiger partial charge is 0.347 e. The van der Waals surface area contributed by atoms with Gasteiger partial charge in [-0.2, -0.15) is 5.26 Å². The Morgan fingerprint density at radius 3 is 2.33 bits per heavy atom. The fourth-order valence-corrected chi connectivity index (χ4v) is 0.755. The standard InChI is InChI=1S/C7H9ClN2O2/c1-10(2)7(12)5(4-9)6(11)3-8/h5H,3H2,1-2H3. The number of nitrogens with zero attached hydrogens (tertiary/aromatic N) is 2. The third kappa shape index (κ3) is 2.51. The predicted octanol–water partition coefficient (Wildman–Crippen LogP) is 0.0223. The Bertz CT molecular complexity index is 232. The smallest absolute Gasteiger partial charge is 0.247 e. The van der Waals surface area contributed by atoms with Crippen molar-refractivity contribution in [1.29, 1.82) is 5.26 Å². The van der Waals surface area contributed by atoms with Gasteiger partial charge in [0.15, 0.2) is 11.7 Å². The van der Waals surface area contributed by atoms with Gasteiger partial charge in [0, 0.05) is 14.1 Å². The molecule has 0 aromatic heterocycles. The van der Waals surface area contributed by atoms with Crippen LogP contribution in [0.25, 0.3) is 0 Å². The second kappa shape index (κ2) is 4.73. The maximum atomic E-state index is 11.1. The summed E-state index contributed by atoms with van der Waals surface area (Å²) in [5, 5.41) is 8.47. The lowest BCUT2D eigenvalue weighted by Gasteiger charge is -2.12. The molecule has 1 amide bonds. The van der Waals surface area contributed by atoms with E-state index in [0.29, 0.717) is 0 Å². The van der Waals surface area contributed by atoms with E-state index in [9.17, 15) is 9.59 Å². The van der Waals surface area contributed by atoms with E-state index in [1.807, 2.05) is 0 Å². The Balaban J connectivity index is 4.49. The van der Waals surface area contributed by atoms with Gasteiger partial charge in [-0.15, -0.1) is 11.6 Å². The van der Waals surface area contributed by atoms with E-state index >= 15 is 0 Å². The fourth-order valence-electron chi connectivity index (χ4n) is 0.600. The molecule has 5 heteroatoms. The zero-order valence-corrected chi connectivity index (χ0v) is 7.63. The van der Waals surface area contributed by atoms with Crippen molar-refractivity contribution in [2.24, 2.45) is 5.92 Å². The van der Waals surface area contributed by atoms with Gasteiger partial charge in [0.05, 0.1) is 11.9 Å². The molecule has 0 rings (SSSR count). The lowest BCUT2D eigenvalue weighted by molar-refractivity contribution is -0.136. The van der Waals surface area contributed by atoms with Gasteiger partial charge in [0.25, 0.3) is 0 Å². The minimum absolute atomic E-state index is 0.308. The zero-order chi connectivity index (χ0) is 9.72. The average molecular weight is 189 g/mol. The van der Waals surface area contributed by atoms with Gasteiger partial charge >= 0.3 is 0 Å². The molecule has 0 aliphatic rings. The first kappa shape index (κ1) is 10.9. The van der Waals surface area contributed by atoms with Crippen LogP contribution in [0.5, 0.6) is 0 Å². The predicted molar refractivity (Wildman–Crippen MR) is 43.5 cm³/mol. The number of halogens is 1. The van der Waals surface area contributed by atoms with Crippen molar-refractivity contribution >= 4 is 23.3 Å². The van der Waals surface area contributed by atoms with Crippen LogP contribution in [-0.4, -0.2) is 36.6 Å². The first-order valence-corrected chi connectivity index (χ1v) is 3.77. The Hall–Kier alpha value is -1.08. The molecule has 0 fully saturated rings. The Kier molecular flexibility index (Phi) is 4.30. The monoisotopic (exact) mass is 188 g/mol. The highest BCUT2D eigenvalue weighted by Crippen LogP contribution is 2.02. The molecule has 0 bridgehead atoms. The van der Waals surface area contributed by atoms with E-state index in [2.05, 4.69) is 0 Å². The molecule has 0 aliphatic carbocycles. The third-order valence-electron chi connectivity index (χ3n) is 1.27. The highest BCUT2D eigenvalue weighted by molar-refractivity contribution is 6.30. The molecule has 0 spiro atoms. The minimum atomic E-state index is -1.25. The van der Waals surface area contributed by atoms with E-state index < -0.39 is 17.6 Å². The maximum Gasteiger partial charge on any atom is 0.247 e. The number of nitriles is 1. The van der Waals surface area contributed by atoms with Crippen LogP contribution in [0.3, 0.4) is 0 Å². The van der Waals surface area contributed by atoms with Gasteiger partial charge in [-0.3, -0.25) is 9.59 Å². The summed E-state index contributed by atoms with van der Waals surface area (Å²) in [6.45, 7) is 0. The molecule has 1 unspecified atom stereocenters. The minimum Gasteiger partial charge on any atom is -0.347 e. The quantitative estimate of drug-likeness (QED) is 0.464. The number of rotatable bonds is 3. The Morgan fingerprint density at radius 2 is 2.08 bits per heavy atom. The van der Waals surface area contributed by atoms with E-state index in [1.54, 1.807) is 6.07 Å². The summed E-state index contributed by atoms with van der Waals surface area (Å²) in [5.74, 6) is -2.64. The summed E-state index contributed by atoms with van der Waals surface area (Å²) >= 11 is 5.20. The number of alkyl halides is 1. The second-order valence-corrected chi connectivity index (χ2v) is 2.66. The van der Waals surface area contributed by atoms with Crippen LogP contribution in [0.2, 0.25) is 0 Å². The van der Waals surface area contributed by atoms with Crippen LogP contribution >= 0.6 is 11.6 Å². The van der Waals surface area contributed by atoms with Gasteiger partial charge in [0.1, 0.15) is 0 Å². The van der Waals surface area contributed by atoms with Crippen molar-refractivity contribution in [2.45, 2.75) is 0 Å². The van der Waals surface area contributed by atoms with Crippen LogP contribution in [-0.2, 0) is 9.59 Å². The van der Waals surface area contributed by atoms with Crippen LogP contribution in [0.4, 0.5) is 0 Å². The van der Waals surface area contributed by atoms with Crippen LogP contribution < -0.4 is 0 Å². The molecular weight excluding hydrogens is 180 g/mol. The van der Waals surface area contributed by atoms with Crippen molar-refractivity contribution in [1.82, 2.24) is 4.90 Å². The molecule has 0 radical (unpaired) electrons. The highest BCUT2D eigenvalue weighted by Gasteiger charge is 2.26. The summed E-state index contributed by atoms with van der Waals surface area (Å²) < 4.78 is 0. The molecule has 0 N–H and O–H groups in total. The number of amides is 1. The van der Waals surface area contributed by atoms with Gasteiger partial charge < -0.3 is 4.90 Å². The Labute approximate surface area is 75.7 Å². The van der Waals surface area contributed by atoms with Gasteiger partial charge in [-0.05, 0) is 0 Å². The van der Waals surface area contributed by atoms with Crippen molar-refractivity contribution in [3.05, 3.63) is 0 Å². The van der Waals surface area contributed by atoms with Crippen molar-refractivity contribution in [2.75, 3.05) is 20.0 Å². The molecule has 4 nitrogen and oxygen atoms in total. The van der Waals surface area contributed by atoms with Crippen LogP contribution in [0, 0.1) is 17.2 Å². The lowest BCUT2D eigenvalue weighted by Crippen LogP contribution is -2.34. The number of hydrogen-bond donors (Lipinski definition) is 0. The van der Waals surface area contributed by atoms with Crippen LogP contribution in [0.15, 0.2) is 0 Å². The lowest BCUT2D eigenvalue weighted by atomic mass is 10.1. The normalized spacial score (nSPS) is 11.5. The molecular formula is C7H9ClN2O2. The SMILES string of the molecule is CN(C)C(=O)C(C#N)C(=O)CCl. The maximum absolute atomic E-state index is 11.1. The molecule has 12 heavy (non-hydrogen) atoms. The second-order valence-electron chi connectivity index (χ2n) is 2.39. The summed E-state index contributed by atoms with van der Waals surface area (Å²) in [6, 6.07) is 1.61. The fraction of sp³-hybridized carbons (Fsp3) is 0.571. The van der Waals surface area contributed by atoms with E-state index in [-0.39, 0.29) is 5.88 Å². The van der Waals surface area contributed by atoms with Crippen molar-refractivity contribution in [3.63, 3.8) is 0 Å². The number of carbonyl (C=O) groups is 2. The zero-order valence-electron chi connectivity index (χ0n) is 6.87. The number of hydrogen-bond acceptors (Lipinski definition) is 3. The first-order valence-electron chi connectivity index (χ1n) is 3.24. The van der Waals surface area contributed by atoms with Gasteiger partial charge in [-0.1, -0.05) is 0 Å². The summed E-state index contributed by atoms with van der Waals surface area (Å²) in [4.78, 5) is 23.2. The molecule has 0 aromatic rings. The molecule has 66 valence electrons. The first-order chi connectivity index (χ1) is 5.54. The molecule has 0 saturated carbocycles. The molecule has 0 saturated heterocycles.